The lowest BCUT2D eigenvalue weighted by molar-refractivity contribution is 1.03. The number of allylic oxidation sites excluding steroid dienone is 2. The predicted octanol–water partition coefficient (Wildman–Crippen LogP) is 2.92. The normalized spacial score (nSPS) is 15.5. The highest BCUT2D eigenvalue weighted by atomic mass is 14.1. The van der Waals surface area contributed by atoms with Gasteiger partial charge in [0.25, 0.3) is 0 Å². The fourth-order valence-electron chi connectivity index (χ4n) is 2.65. The summed E-state index contributed by atoms with van der Waals surface area (Å²) in [5.41, 5.74) is 1.50. The van der Waals surface area contributed by atoms with Crippen LogP contribution >= 0.6 is 0 Å². The second-order valence-electron chi connectivity index (χ2n) is 4.52. The van der Waals surface area contributed by atoms with Crippen molar-refractivity contribution in [1.29, 1.82) is 0 Å². The first-order chi connectivity index (χ1) is 8.40. The zero-order valence-corrected chi connectivity index (χ0v) is 10.1. The van der Waals surface area contributed by atoms with Crippen LogP contribution in [-0.2, 0) is 6.42 Å². The molecule has 0 saturated heterocycles. The topological polar surface area (TPSA) is 0 Å². The van der Waals surface area contributed by atoms with Crippen LogP contribution < -0.4 is 10.4 Å². The van der Waals surface area contributed by atoms with Crippen LogP contribution in [0.25, 0.3) is 22.9 Å². The van der Waals surface area contributed by atoms with Gasteiger partial charge in [0.2, 0.25) is 0 Å². The lowest BCUT2D eigenvalue weighted by Crippen LogP contribution is -2.27. The molecule has 3 rings (SSSR count). The van der Waals surface area contributed by atoms with E-state index in [-0.39, 0.29) is 0 Å². The Balaban J connectivity index is 2.48. The van der Waals surface area contributed by atoms with Gasteiger partial charge in [-0.3, -0.25) is 0 Å². The van der Waals surface area contributed by atoms with E-state index in [1.165, 1.54) is 33.2 Å². The second-order valence-corrected chi connectivity index (χ2v) is 4.52. The Morgan fingerprint density at radius 1 is 1.12 bits per heavy atom. The molecule has 0 N–H and O–H groups in total. The predicted molar refractivity (Wildman–Crippen MR) is 75.3 cm³/mol. The number of rotatable bonds is 1. The Bertz CT molecular complexity index is 703. The molecule has 0 fully saturated rings. The molecule has 0 heteroatoms. The van der Waals surface area contributed by atoms with E-state index in [1.807, 2.05) is 0 Å². The standard InChI is InChI=1S/C17H16/c1-2-3-6-13-11-12-15-8-4-7-14-9-5-10-16(13)17(14)15/h2-4,6-8,10-12H,5,9H2,1H3/b3-2-,13-6-. The molecule has 84 valence electrons. The highest BCUT2D eigenvalue weighted by Gasteiger charge is 2.06. The fraction of sp³-hybridized carbons (Fsp3) is 0.176. The molecule has 0 amide bonds. The average Bonchev–Trinajstić information content (AvgIpc) is 2.39. The Morgan fingerprint density at radius 2 is 2.06 bits per heavy atom. The van der Waals surface area contributed by atoms with Gasteiger partial charge in [-0.1, -0.05) is 54.6 Å². The largest absolute Gasteiger partial charge is 0.0876 e. The van der Waals surface area contributed by atoms with Gasteiger partial charge in [0, 0.05) is 0 Å². The van der Waals surface area contributed by atoms with Gasteiger partial charge in [0.15, 0.2) is 0 Å². The molecule has 0 aromatic heterocycles. The van der Waals surface area contributed by atoms with Crippen molar-refractivity contribution < 1.29 is 0 Å². The third-order valence-electron chi connectivity index (χ3n) is 3.44. The van der Waals surface area contributed by atoms with E-state index >= 15 is 0 Å². The third-order valence-corrected chi connectivity index (χ3v) is 3.44. The Morgan fingerprint density at radius 3 is 2.94 bits per heavy atom. The summed E-state index contributed by atoms with van der Waals surface area (Å²) >= 11 is 0. The van der Waals surface area contributed by atoms with Gasteiger partial charge < -0.3 is 0 Å². The summed E-state index contributed by atoms with van der Waals surface area (Å²) in [6, 6.07) is 11.1. The van der Waals surface area contributed by atoms with Gasteiger partial charge in [0.05, 0.1) is 0 Å². The van der Waals surface area contributed by atoms with Gasteiger partial charge in [-0.15, -0.1) is 0 Å². The van der Waals surface area contributed by atoms with Crippen LogP contribution in [0.15, 0.2) is 42.5 Å². The minimum atomic E-state index is 1.16. The first-order valence-electron chi connectivity index (χ1n) is 6.24. The van der Waals surface area contributed by atoms with Crippen LogP contribution in [0.1, 0.15) is 18.9 Å². The SMILES string of the molecule is C/C=C\C=c1\ccc2cccc3c2c1=CCC3. The number of hydrogen-bond donors (Lipinski definition) is 0. The minimum absolute atomic E-state index is 1.16. The molecule has 0 bridgehead atoms. The monoisotopic (exact) mass is 220 g/mol. The van der Waals surface area contributed by atoms with Crippen LogP contribution in [0.2, 0.25) is 0 Å². The maximum atomic E-state index is 2.38. The van der Waals surface area contributed by atoms with Gasteiger partial charge in [0.1, 0.15) is 0 Å². The molecular weight excluding hydrogens is 204 g/mol. The smallest absolute Gasteiger partial charge is 0.00764 e. The molecule has 1 aliphatic rings. The van der Waals surface area contributed by atoms with E-state index in [0.29, 0.717) is 0 Å². The fourth-order valence-corrected chi connectivity index (χ4v) is 2.65. The van der Waals surface area contributed by atoms with E-state index in [0.717, 1.165) is 6.42 Å². The molecule has 0 nitrogen and oxygen atoms in total. The average molecular weight is 220 g/mol. The molecule has 0 aliphatic heterocycles. The zero-order valence-electron chi connectivity index (χ0n) is 10.1. The first kappa shape index (κ1) is 10.3. The third kappa shape index (κ3) is 1.70. The maximum Gasteiger partial charge on any atom is -0.00764 e. The summed E-state index contributed by atoms with van der Waals surface area (Å²) in [5.74, 6) is 0. The minimum Gasteiger partial charge on any atom is -0.0876 e. The van der Waals surface area contributed by atoms with Gasteiger partial charge >= 0.3 is 0 Å². The van der Waals surface area contributed by atoms with Crippen LogP contribution in [-0.4, -0.2) is 0 Å². The summed E-state index contributed by atoms with van der Waals surface area (Å²) < 4.78 is 0. The van der Waals surface area contributed by atoms with E-state index < -0.39 is 0 Å². The molecule has 0 saturated carbocycles. The number of hydrogen-bond acceptors (Lipinski definition) is 0. The molecule has 0 atom stereocenters. The van der Waals surface area contributed by atoms with Crippen LogP contribution in [0.3, 0.4) is 0 Å². The zero-order chi connectivity index (χ0) is 11.7. The van der Waals surface area contributed by atoms with Crippen LogP contribution in [0.5, 0.6) is 0 Å². The van der Waals surface area contributed by atoms with Gasteiger partial charge in [-0.05, 0) is 46.5 Å². The van der Waals surface area contributed by atoms with Gasteiger partial charge in [-0.25, -0.2) is 0 Å². The van der Waals surface area contributed by atoms with Crippen molar-refractivity contribution in [3.8, 4) is 0 Å². The molecule has 0 heterocycles. The summed E-state index contributed by atoms with van der Waals surface area (Å²) in [6.45, 7) is 2.05. The van der Waals surface area contributed by atoms with Crippen molar-refractivity contribution in [3.63, 3.8) is 0 Å². The van der Waals surface area contributed by atoms with Crippen molar-refractivity contribution >= 4 is 22.9 Å². The van der Waals surface area contributed by atoms with E-state index in [9.17, 15) is 0 Å². The van der Waals surface area contributed by atoms with Gasteiger partial charge in [-0.2, -0.15) is 0 Å². The molecule has 17 heavy (non-hydrogen) atoms. The summed E-state index contributed by atoms with van der Waals surface area (Å²) in [5, 5.41) is 5.58. The van der Waals surface area contributed by atoms with Crippen molar-refractivity contribution in [3.05, 3.63) is 58.5 Å². The van der Waals surface area contributed by atoms with Crippen molar-refractivity contribution in [2.45, 2.75) is 19.8 Å². The Labute approximate surface area is 102 Å². The summed E-state index contributed by atoms with van der Waals surface area (Å²) in [6.07, 6.45) is 11.1. The van der Waals surface area contributed by atoms with Crippen LogP contribution in [0, 0.1) is 0 Å². The molecule has 1 aliphatic carbocycles. The molecule has 2 aromatic carbocycles. The van der Waals surface area contributed by atoms with Crippen molar-refractivity contribution in [1.82, 2.24) is 0 Å². The second kappa shape index (κ2) is 4.21. The summed E-state index contributed by atoms with van der Waals surface area (Å²) in [7, 11) is 0. The first-order valence-corrected chi connectivity index (χ1v) is 6.24. The number of benzene rings is 2. The molecule has 0 radical (unpaired) electrons. The Kier molecular flexibility index (Phi) is 2.56. The molecule has 0 spiro atoms. The van der Waals surface area contributed by atoms with Crippen molar-refractivity contribution in [2.75, 3.05) is 0 Å². The Hall–Kier alpha value is -1.82. The quantitative estimate of drug-likeness (QED) is 0.693. The highest BCUT2D eigenvalue weighted by molar-refractivity contribution is 5.88. The molecule has 0 unspecified atom stereocenters. The van der Waals surface area contributed by atoms with E-state index in [1.54, 1.807) is 0 Å². The van der Waals surface area contributed by atoms with Crippen LogP contribution in [0.4, 0.5) is 0 Å². The maximum absolute atomic E-state index is 2.38. The summed E-state index contributed by atoms with van der Waals surface area (Å²) in [4.78, 5) is 0. The lowest BCUT2D eigenvalue weighted by atomic mass is 9.93. The van der Waals surface area contributed by atoms with E-state index in [2.05, 4.69) is 61.6 Å². The molecule has 2 aromatic rings. The lowest BCUT2D eigenvalue weighted by Gasteiger charge is -2.11. The van der Waals surface area contributed by atoms with Crippen molar-refractivity contribution in [2.24, 2.45) is 0 Å². The highest BCUT2D eigenvalue weighted by Crippen LogP contribution is 2.18. The molecular formula is C17H16. The van der Waals surface area contributed by atoms with E-state index in [4.69, 9.17) is 0 Å². The number of aryl methyl sites for hydroxylation is 1.